The maximum absolute atomic E-state index is 13.6. The number of nitriles is 1. The molecule has 38 heavy (non-hydrogen) atoms. The second kappa shape index (κ2) is 9.04. The first-order valence-corrected chi connectivity index (χ1v) is 14.6. The number of allylic oxidation sites excluding steroid dienone is 1. The zero-order valence-electron chi connectivity index (χ0n) is 22.3. The lowest BCUT2D eigenvalue weighted by Gasteiger charge is -2.60. The Morgan fingerprint density at radius 2 is 2.16 bits per heavy atom. The summed E-state index contributed by atoms with van der Waals surface area (Å²) in [6, 6.07) is 2.21. The van der Waals surface area contributed by atoms with Crippen molar-refractivity contribution in [3.63, 3.8) is 0 Å². The molecule has 3 fully saturated rings. The third kappa shape index (κ3) is 3.58. The second-order valence-electron chi connectivity index (χ2n) is 12.3. The molecular formula is C28H36N6O3S. The van der Waals surface area contributed by atoms with Crippen molar-refractivity contribution < 1.29 is 15.0 Å². The second-order valence-corrected chi connectivity index (χ2v) is 13.3. The molecule has 0 bridgehead atoms. The first-order valence-electron chi connectivity index (χ1n) is 13.7. The largest absolute Gasteiger partial charge is 0.393 e. The van der Waals surface area contributed by atoms with Gasteiger partial charge in [0.1, 0.15) is 11.9 Å². The van der Waals surface area contributed by atoms with Gasteiger partial charge in [0.2, 0.25) is 0 Å². The topological polar surface area (TPSA) is 130 Å². The van der Waals surface area contributed by atoms with Crippen molar-refractivity contribution in [3.05, 3.63) is 29.4 Å². The lowest BCUT2D eigenvalue weighted by molar-refractivity contribution is -0.177. The van der Waals surface area contributed by atoms with Crippen LogP contribution in [0.5, 0.6) is 0 Å². The number of thioether (sulfide) groups is 1. The van der Waals surface area contributed by atoms with E-state index in [9.17, 15) is 15.0 Å². The summed E-state index contributed by atoms with van der Waals surface area (Å²) in [5, 5.41) is 45.9. The third-order valence-corrected chi connectivity index (χ3v) is 11.6. The Labute approximate surface area is 227 Å². The highest BCUT2D eigenvalue weighted by Crippen LogP contribution is 2.67. The van der Waals surface area contributed by atoms with Crippen molar-refractivity contribution in [2.45, 2.75) is 82.2 Å². The van der Waals surface area contributed by atoms with Crippen LogP contribution in [-0.4, -0.2) is 58.0 Å². The molecular weight excluding hydrogens is 500 g/mol. The van der Waals surface area contributed by atoms with Crippen LogP contribution in [-0.2, 0) is 24.8 Å². The number of aryl methyl sites for hydroxylation is 2. The van der Waals surface area contributed by atoms with Gasteiger partial charge in [-0.2, -0.15) is 10.4 Å². The summed E-state index contributed by atoms with van der Waals surface area (Å²) < 4.78 is 3.71. The van der Waals surface area contributed by atoms with Crippen molar-refractivity contribution in [1.29, 1.82) is 5.26 Å². The van der Waals surface area contributed by atoms with E-state index in [1.807, 2.05) is 24.9 Å². The molecule has 2 aromatic rings. The van der Waals surface area contributed by atoms with Crippen LogP contribution < -0.4 is 0 Å². The minimum absolute atomic E-state index is 0.0710. The number of aliphatic hydroxyl groups excluding tert-OH is 1. The number of aliphatic hydroxyl groups is 2. The Morgan fingerprint density at radius 3 is 2.89 bits per heavy atom. The van der Waals surface area contributed by atoms with E-state index in [1.54, 1.807) is 10.9 Å². The molecule has 202 valence electrons. The van der Waals surface area contributed by atoms with Gasteiger partial charge in [0.05, 0.1) is 42.8 Å². The Bertz CT molecular complexity index is 1340. The van der Waals surface area contributed by atoms with Crippen LogP contribution in [0.15, 0.2) is 23.3 Å². The number of aromatic nitrogens is 5. The van der Waals surface area contributed by atoms with E-state index in [-0.39, 0.29) is 34.7 Å². The summed E-state index contributed by atoms with van der Waals surface area (Å²) in [5.74, 6) is 0.466. The Kier molecular flexibility index (Phi) is 6.13. The van der Waals surface area contributed by atoms with Gasteiger partial charge < -0.3 is 14.8 Å². The average molecular weight is 537 g/mol. The number of ketones is 1. The van der Waals surface area contributed by atoms with E-state index >= 15 is 0 Å². The molecule has 2 aromatic heterocycles. The smallest absolute Gasteiger partial charge is 0.191 e. The van der Waals surface area contributed by atoms with Crippen LogP contribution >= 0.6 is 11.8 Å². The molecule has 4 aliphatic carbocycles. The average Bonchev–Trinajstić information content (AvgIpc) is 3.54. The van der Waals surface area contributed by atoms with Gasteiger partial charge in [0.15, 0.2) is 10.9 Å². The number of Topliss-reactive ketones (excluding diaryl/α,β-unsaturated/α-hetero) is 1. The molecule has 10 heteroatoms. The third-order valence-electron chi connectivity index (χ3n) is 10.5. The SMILES string of the molecule is Cn1cnnc1SCC(=O)C1(O)CCC2C3CCC4=Cc5c(cnn5CCC#N)CC4(C)C3[C@@H](O)CC21C. The maximum atomic E-state index is 13.6. The fourth-order valence-corrected chi connectivity index (χ4v) is 9.54. The van der Waals surface area contributed by atoms with Gasteiger partial charge in [-0.05, 0) is 73.3 Å². The van der Waals surface area contributed by atoms with Crippen molar-refractivity contribution in [1.82, 2.24) is 24.5 Å². The molecule has 4 aliphatic rings. The predicted molar refractivity (Wildman–Crippen MR) is 142 cm³/mol. The molecule has 2 heterocycles. The van der Waals surface area contributed by atoms with Crippen LogP contribution in [0.3, 0.4) is 0 Å². The number of carbonyl (C=O) groups is 1. The number of carbonyl (C=O) groups excluding carboxylic acids is 1. The fraction of sp³-hybridized carbons (Fsp3) is 0.679. The molecule has 0 saturated heterocycles. The van der Waals surface area contributed by atoms with Crippen molar-refractivity contribution in [3.8, 4) is 6.07 Å². The molecule has 7 atom stereocenters. The summed E-state index contributed by atoms with van der Waals surface area (Å²) >= 11 is 1.31. The van der Waals surface area contributed by atoms with Crippen LogP contribution in [0, 0.1) is 39.9 Å². The molecule has 0 amide bonds. The minimum Gasteiger partial charge on any atom is -0.393 e. The number of hydrogen-bond donors (Lipinski definition) is 2. The lowest BCUT2D eigenvalue weighted by atomic mass is 9.45. The number of hydrogen-bond acceptors (Lipinski definition) is 8. The summed E-state index contributed by atoms with van der Waals surface area (Å²) in [7, 11) is 1.84. The molecule has 0 aliphatic heterocycles. The van der Waals surface area contributed by atoms with Crippen LogP contribution in [0.1, 0.15) is 63.6 Å². The zero-order valence-corrected chi connectivity index (χ0v) is 23.1. The highest BCUT2D eigenvalue weighted by molar-refractivity contribution is 7.99. The number of fused-ring (bicyclic) bond motifs is 6. The highest BCUT2D eigenvalue weighted by Gasteiger charge is 2.68. The van der Waals surface area contributed by atoms with Crippen molar-refractivity contribution in [2.24, 2.45) is 35.6 Å². The van der Waals surface area contributed by atoms with Gasteiger partial charge in [0.25, 0.3) is 0 Å². The van der Waals surface area contributed by atoms with Gasteiger partial charge in [-0.25, -0.2) is 0 Å². The zero-order chi connectivity index (χ0) is 26.9. The molecule has 0 radical (unpaired) electrons. The molecule has 2 N–H and O–H groups in total. The van der Waals surface area contributed by atoms with E-state index in [4.69, 9.17) is 5.26 Å². The monoisotopic (exact) mass is 536 g/mol. The first-order chi connectivity index (χ1) is 18.1. The van der Waals surface area contributed by atoms with E-state index in [2.05, 4.69) is 34.4 Å². The summed E-state index contributed by atoms with van der Waals surface area (Å²) in [6.45, 7) is 4.92. The molecule has 0 aromatic carbocycles. The highest BCUT2D eigenvalue weighted by atomic mass is 32.2. The van der Waals surface area contributed by atoms with E-state index in [0.29, 0.717) is 31.0 Å². The van der Waals surface area contributed by atoms with Gasteiger partial charge in [-0.15, -0.1) is 10.2 Å². The van der Waals surface area contributed by atoms with Crippen LogP contribution in [0.4, 0.5) is 0 Å². The first kappa shape index (κ1) is 25.8. The maximum Gasteiger partial charge on any atom is 0.191 e. The lowest BCUT2D eigenvalue weighted by Crippen LogP contribution is -2.62. The van der Waals surface area contributed by atoms with E-state index < -0.39 is 17.1 Å². The summed E-state index contributed by atoms with van der Waals surface area (Å²) in [5.41, 5.74) is 1.33. The predicted octanol–water partition coefficient (Wildman–Crippen LogP) is 3.17. The summed E-state index contributed by atoms with van der Waals surface area (Å²) in [4.78, 5) is 13.6. The summed E-state index contributed by atoms with van der Waals surface area (Å²) in [6.07, 6.45) is 9.98. The van der Waals surface area contributed by atoms with Gasteiger partial charge in [-0.1, -0.05) is 31.2 Å². The van der Waals surface area contributed by atoms with Gasteiger partial charge in [-0.3, -0.25) is 9.48 Å². The Balaban J connectivity index is 1.26. The molecule has 9 nitrogen and oxygen atoms in total. The standard InChI is InChI=1S/C28H36N6O3S/c1-26-12-17-14-31-34(10-4-9-29)21(17)11-18(26)5-6-19-20-7-8-28(37,27(20,2)13-22(35)24(19)26)23(36)15-38-25-32-30-16-33(25)3/h11,14,16,19-20,22,24,35,37H,4-8,10,12-13,15H2,1-3H3/t19?,20?,22-,24?,26?,27?,28?/m0/s1. The Hall–Kier alpha value is -2.48. The quantitative estimate of drug-likeness (QED) is 0.539. The molecule has 3 saturated carbocycles. The minimum atomic E-state index is -1.45. The van der Waals surface area contributed by atoms with Gasteiger partial charge in [0, 0.05) is 12.5 Å². The number of nitrogens with zero attached hydrogens (tertiary/aromatic N) is 6. The number of rotatable bonds is 6. The van der Waals surface area contributed by atoms with Crippen LogP contribution in [0.25, 0.3) is 6.08 Å². The van der Waals surface area contributed by atoms with E-state index in [1.165, 1.54) is 22.9 Å². The molecule has 0 spiro atoms. The molecule has 6 unspecified atom stereocenters. The fourth-order valence-electron chi connectivity index (χ4n) is 8.69. The van der Waals surface area contributed by atoms with Crippen molar-refractivity contribution in [2.75, 3.05) is 5.75 Å². The van der Waals surface area contributed by atoms with Crippen molar-refractivity contribution >= 4 is 23.6 Å². The molecule has 6 rings (SSSR count). The van der Waals surface area contributed by atoms with Gasteiger partial charge >= 0.3 is 0 Å². The normalized spacial score (nSPS) is 37.4. The van der Waals surface area contributed by atoms with Crippen LogP contribution in [0.2, 0.25) is 0 Å². The Morgan fingerprint density at radius 1 is 1.34 bits per heavy atom. The van der Waals surface area contributed by atoms with E-state index in [0.717, 1.165) is 31.4 Å².